The third-order valence-electron chi connectivity index (χ3n) is 1.49. The lowest BCUT2D eigenvalue weighted by Gasteiger charge is -2.07. The maximum atomic E-state index is 12.6. The van der Waals surface area contributed by atoms with Crippen molar-refractivity contribution in [1.29, 1.82) is 0 Å². The van der Waals surface area contributed by atoms with Crippen molar-refractivity contribution < 1.29 is 25.7 Å². The highest BCUT2D eigenvalue weighted by atomic mass is 32.3. The number of hydrogen-bond acceptors (Lipinski definition) is 4. The van der Waals surface area contributed by atoms with E-state index in [2.05, 4.69) is 4.18 Å². The van der Waals surface area contributed by atoms with E-state index >= 15 is 0 Å². The number of carbonyl (C=O) groups excluding carboxylic acids is 1. The van der Waals surface area contributed by atoms with Gasteiger partial charge in [-0.3, -0.25) is 4.79 Å². The molecule has 1 fully saturated rings. The Hall–Kier alpha value is -0.560. The number of rotatable bonds is 2. The first-order valence-corrected chi connectivity index (χ1v) is 4.48. The molecule has 1 aliphatic rings. The third kappa shape index (κ3) is 2.49. The zero-order valence-electron chi connectivity index (χ0n) is 5.87. The van der Waals surface area contributed by atoms with Crippen LogP contribution in [0.3, 0.4) is 0 Å². The molecule has 1 aliphatic carbocycles. The number of carbonyl (C=O) groups is 1. The molecule has 2 unspecified atom stereocenters. The molecule has 0 heterocycles. The summed E-state index contributed by atoms with van der Waals surface area (Å²) in [5.41, 5.74) is 0. The topological polar surface area (TPSA) is 60.4 Å². The lowest BCUT2D eigenvalue weighted by Crippen LogP contribution is -2.21. The molecule has 1 saturated carbocycles. The van der Waals surface area contributed by atoms with Crippen LogP contribution in [0.25, 0.3) is 0 Å². The molecule has 2 atom stereocenters. The second-order valence-corrected chi connectivity index (χ2v) is 3.47. The number of halogens is 2. The lowest BCUT2D eigenvalue weighted by molar-refractivity contribution is -0.117. The summed E-state index contributed by atoms with van der Waals surface area (Å²) in [6, 6.07) is 0. The van der Waals surface area contributed by atoms with E-state index in [1.165, 1.54) is 0 Å². The quantitative estimate of drug-likeness (QED) is 0.601. The van der Waals surface area contributed by atoms with E-state index in [-0.39, 0.29) is 6.42 Å². The summed E-state index contributed by atoms with van der Waals surface area (Å²) in [5, 5.41) is 0. The van der Waals surface area contributed by atoms with Gasteiger partial charge in [-0.15, -0.1) is 0 Å². The molecule has 4 nitrogen and oxygen atoms in total. The van der Waals surface area contributed by atoms with Crippen LogP contribution in [-0.4, -0.2) is 26.5 Å². The summed E-state index contributed by atoms with van der Waals surface area (Å²) in [5.74, 6) is -0.462. The molecule has 0 saturated heterocycles. The van der Waals surface area contributed by atoms with E-state index in [1.54, 1.807) is 0 Å². The molecule has 0 spiro atoms. The molecule has 0 aromatic rings. The average Bonchev–Trinajstić information content (AvgIpc) is 2.06. The molecule has 0 aromatic heterocycles. The maximum Gasteiger partial charge on any atom is 0.437 e. The maximum absolute atomic E-state index is 12.6. The van der Waals surface area contributed by atoms with Crippen LogP contribution in [0.15, 0.2) is 0 Å². The van der Waals surface area contributed by atoms with Gasteiger partial charge in [0.25, 0.3) is 0 Å². The van der Waals surface area contributed by atoms with E-state index in [4.69, 9.17) is 0 Å². The largest absolute Gasteiger partial charge is 0.437 e. The van der Waals surface area contributed by atoms with Crippen molar-refractivity contribution in [2.75, 3.05) is 0 Å². The highest BCUT2D eigenvalue weighted by Crippen LogP contribution is 2.23. The van der Waals surface area contributed by atoms with Gasteiger partial charge in [-0.05, 0) is 0 Å². The van der Waals surface area contributed by atoms with Crippen LogP contribution in [0, 0.1) is 0 Å². The molecule has 0 aromatic carbocycles. The summed E-state index contributed by atoms with van der Waals surface area (Å²) >= 11 is 0. The predicted molar refractivity (Wildman–Crippen MR) is 34.0 cm³/mol. The van der Waals surface area contributed by atoms with Crippen LogP contribution in [-0.2, 0) is 19.5 Å². The zero-order chi connectivity index (χ0) is 9.35. The standard InChI is InChI=1S/C5H6F2O4S/c6-4-1-3(8)2-5(4)11-12(7,9)10/h4-5H,1-2H2. The Labute approximate surface area is 67.9 Å². The first-order chi connectivity index (χ1) is 5.38. The Morgan fingerprint density at radius 1 is 1.42 bits per heavy atom. The molecule has 7 heteroatoms. The van der Waals surface area contributed by atoms with Gasteiger partial charge in [0.15, 0.2) is 0 Å². The van der Waals surface area contributed by atoms with Crippen molar-refractivity contribution in [3.05, 3.63) is 0 Å². The van der Waals surface area contributed by atoms with Crippen molar-refractivity contribution in [1.82, 2.24) is 0 Å². The van der Waals surface area contributed by atoms with E-state index in [0.29, 0.717) is 0 Å². The SMILES string of the molecule is O=C1CC(F)C(OS(=O)(=O)F)C1. The normalized spacial score (nSPS) is 31.0. The molecule has 70 valence electrons. The Balaban J connectivity index is 2.60. The van der Waals surface area contributed by atoms with Crippen LogP contribution in [0.1, 0.15) is 12.8 Å². The van der Waals surface area contributed by atoms with E-state index in [1.807, 2.05) is 0 Å². The monoisotopic (exact) mass is 200 g/mol. The Bertz CT molecular complexity index is 286. The number of ketones is 1. The van der Waals surface area contributed by atoms with Gasteiger partial charge in [0.1, 0.15) is 18.1 Å². The smallest absolute Gasteiger partial charge is 0.299 e. The Morgan fingerprint density at radius 2 is 2.00 bits per heavy atom. The second kappa shape index (κ2) is 3.06. The molecule has 0 bridgehead atoms. The van der Waals surface area contributed by atoms with E-state index < -0.39 is 35.0 Å². The van der Waals surface area contributed by atoms with Crippen LogP contribution in [0.4, 0.5) is 8.28 Å². The van der Waals surface area contributed by atoms with Gasteiger partial charge in [0.2, 0.25) is 0 Å². The minimum Gasteiger partial charge on any atom is -0.299 e. The van der Waals surface area contributed by atoms with Gasteiger partial charge >= 0.3 is 10.5 Å². The van der Waals surface area contributed by atoms with Crippen molar-refractivity contribution in [3.63, 3.8) is 0 Å². The molecule has 0 radical (unpaired) electrons. The molecular weight excluding hydrogens is 194 g/mol. The van der Waals surface area contributed by atoms with Crippen LogP contribution < -0.4 is 0 Å². The van der Waals surface area contributed by atoms with Crippen molar-refractivity contribution in [2.45, 2.75) is 25.1 Å². The average molecular weight is 200 g/mol. The summed E-state index contributed by atoms with van der Waals surface area (Å²) in [6.45, 7) is 0. The van der Waals surface area contributed by atoms with Gasteiger partial charge in [-0.2, -0.15) is 8.42 Å². The molecule has 1 rings (SSSR count). The molecule has 12 heavy (non-hydrogen) atoms. The fraction of sp³-hybridized carbons (Fsp3) is 0.800. The van der Waals surface area contributed by atoms with Crippen LogP contribution >= 0.6 is 0 Å². The van der Waals surface area contributed by atoms with Crippen molar-refractivity contribution in [2.24, 2.45) is 0 Å². The van der Waals surface area contributed by atoms with Crippen LogP contribution in [0.2, 0.25) is 0 Å². The summed E-state index contributed by atoms with van der Waals surface area (Å²) < 4.78 is 47.8. The Morgan fingerprint density at radius 3 is 2.33 bits per heavy atom. The van der Waals surface area contributed by atoms with Crippen LogP contribution in [0.5, 0.6) is 0 Å². The second-order valence-electron chi connectivity index (χ2n) is 2.49. The molecule has 0 aliphatic heterocycles. The molecule has 0 N–H and O–H groups in total. The van der Waals surface area contributed by atoms with E-state index in [9.17, 15) is 21.5 Å². The zero-order valence-corrected chi connectivity index (χ0v) is 6.68. The molecule has 0 amide bonds. The van der Waals surface area contributed by atoms with Gasteiger partial charge in [0, 0.05) is 12.8 Å². The van der Waals surface area contributed by atoms with Gasteiger partial charge in [0.05, 0.1) is 0 Å². The minimum atomic E-state index is -5.16. The number of alkyl halides is 1. The summed E-state index contributed by atoms with van der Waals surface area (Å²) in [6.07, 6.45) is -3.99. The van der Waals surface area contributed by atoms with Gasteiger partial charge < -0.3 is 0 Å². The highest BCUT2D eigenvalue weighted by molar-refractivity contribution is 7.81. The molecular formula is C5H6F2O4S. The predicted octanol–water partition coefficient (Wildman–Crippen LogP) is 0.287. The van der Waals surface area contributed by atoms with Gasteiger partial charge in [-0.1, -0.05) is 3.89 Å². The third-order valence-corrected chi connectivity index (χ3v) is 1.97. The fourth-order valence-corrected chi connectivity index (χ4v) is 1.51. The first-order valence-electron chi connectivity index (χ1n) is 3.17. The first kappa shape index (κ1) is 9.53. The van der Waals surface area contributed by atoms with Crippen molar-refractivity contribution in [3.8, 4) is 0 Å². The lowest BCUT2D eigenvalue weighted by atomic mass is 10.3. The number of hydrogen-bond donors (Lipinski definition) is 0. The van der Waals surface area contributed by atoms with Gasteiger partial charge in [-0.25, -0.2) is 8.57 Å². The highest BCUT2D eigenvalue weighted by Gasteiger charge is 2.37. The summed E-state index contributed by atoms with van der Waals surface area (Å²) in [4.78, 5) is 10.5. The fourth-order valence-electron chi connectivity index (χ4n) is 1.03. The summed E-state index contributed by atoms with van der Waals surface area (Å²) in [7, 11) is -5.16. The van der Waals surface area contributed by atoms with E-state index in [0.717, 1.165) is 0 Å². The number of Topliss-reactive ketones (excluding diaryl/α,β-unsaturated/α-hetero) is 1. The minimum absolute atomic E-state index is 0.385. The Kier molecular flexibility index (Phi) is 2.43. The van der Waals surface area contributed by atoms with Crippen molar-refractivity contribution >= 4 is 16.3 Å².